The molecule has 1 spiro atoms. The Morgan fingerprint density at radius 1 is 1.00 bits per heavy atom. The van der Waals surface area contributed by atoms with E-state index in [0.717, 1.165) is 17.8 Å². The van der Waals surface area contributed by atoms with E-state index in [2.05, 4.69) is 68.6 Å². The van der Waals surface area contributed by atoms with Gasteiger partial charge in [-0.25, -0.2) is 0 Å². The summed E-state index contributed by atoms with van der Waals surface area (Å²) in [6.07, 6.45) is 12.6. The summed E-state index contributed by atoms with van der Waals surface area (Å²) in [5.41, 5.74) is 3.81. The monoisotopic (exact) mass is 402 g/mol. The van der Waals surface area contributed by atoms with Crippen molar-refractivity contribution in [1.29, 1.82) is 0 Å². The molecule has 1 saturated heterocycles. The zero-order valence-electron chi connectivity index (χ0n) is 17.6. The Hall–Kier alpha value is -0.0800. The predicted octanol–water partition coefficient (Wildman–Crippen LogP) is 7.92. The first-order chi connectivity index (χ1) is 13.1. The number of benzene rings is 1. The molecule has 27 heavy (non-hydrogen) atoms. The molecule has 2 heteroatoms. The highest BCUT2D eigenvalue weighted by molar-refractivity contribution is 8.18. The molecule has 0 aromatic heterocycles. The maximum Gasteiger partial charge on any atom is 0.0647 e. The first-order valence-electron chi connectivity index (χ1n) is 11.5. The fraction of sp³-hybridized carbons (Fsp3) is 0.760. The third-order valence-corrected chi connectivity index (χ3v) is 11.7. The van der Waals surface area contributed by atoms with E-state index in [1.54, 1.807) is 11.1 Å². The SMILES string of the molecule is CCCCC1(C)C(c2ccccc2CC)CC2(SCCCS2)C2CCCC21. The molecule has 4 unspecified atom stereocenters. The molecule has 3 fully saturated rings. The lowest BCUT2D eigenvalue weighted by Crippen LogP contribution is -2.51. The number of unbranched alkanes of at least 4 members (excludes halogenated alkanes) is 1. The maximum atomic E-state index is 2.70. The summed E-state index contributed by atoms with van der Waals surface area (Å²) in [5, 5.41) is 0. The molecule has 2 saturated carbocycles. The standard InChI is InChI=1S/C25H38S2/c1-4-6-15-24(3)21-13-9-14-22(21)25(26-16-10-17-27-25)18-23(24)20-12-8-7-11-19(20)5-2/h7-8,11-12,21-23H,4-6,9-10,13-18H2,1-3H3. The Kier molecular flexibility index (Phi) is 6.24. The Morgan fingerprint density at radius 3 is 2.48 bits per heavy atom. The van der Waals surface area contributed by atoms with Gasteiger partial charge in [-0.05, 0) is 84.3 Å². The molecule has 4 atom stereocenters. The van der Waals surface area contributed by atoms with E-state index >= 15 is 0 Å². The van der Waals surface area contributed by atoms with Crippen molar-refractivity contribution in [2.75, 3.05) is 11.5 Å². The smallest absolute Gasteiger partial charge is 0.0647 e. The van der Waals surface area contributed by atoms with Crippen LogP contribution in [0.15, 0.2) is 24.3 Å². The molecule has 0 bridgehead atoms. The van der Waals surface area contributed by atoms with E-state index in [0.29, 0.717) is 9.49 Å². The van der Waals surface area contributed by atoms with Crippen LogP contribution in [0.4, 0.5) is 0 Å². The van der Waals surface area contributed by atoms with Gasteiger partial charge in [0.2, 0.25) is 0 Å². The second-order valence-electron chi connectivity index (χ2n) is 9.42. The van der Waals surface area contributed by atoms with E-state index in [-0.39, 0.29) is 0 Å². The average molecular weight is 403 g/mol. The van der Waals surface area contributed by atoms with E-state index in [1.807, 2.05) is 0 Å². The van der Waals surface area contributed by atoms with Gasteiger partial charge in [0.15, 0.2) is 0 Å². The molecule has 0 amide bonds. The molecule has 150 valence electrons. The molecule has 0 nitrogen and oxygen atoms in total. The van der Waals surface area contributed by atoms with E-state index in [4.69, 9.17) is 0 Å². The van der Waals surface area contributed by atoms with Gasteiger partial charge in [0.05, 0.1) is 4.08 Å². The van der Waals surface area contributed by atoms with Crippen molar-refractivity contribution in [2.24, 2.45) is 17.3 Å². The van der Waals surface area contributed by atoms with Crippen LogP contribution in [-0.2, 0) is 6.42 Å². The van der Waals surface area contributed by atoms with Crippen LogP contribution in [0, 0.1) is 17.3 Å². The van der Waals surface area contributed by atoms with Crippen molar-refractivity contribution in [3.8, 4) is 0 Å². The first-order valence-corrected chi connectivity index (χ1v) is 13.5. The minimum absolute atomic E-state index is 0.492. The minimum atomic E-state index is 0.492. The van der Waals surface area contributed by atoms with Gasteiger partial charge in [0.1, 0.15) is 0 Å². The molecule has 1 aromatic rings. The molecule has 0 radical (unpaired) electrons. The second-order valence-corrected chi connectivity index (χ2v) is 12.5. The number of hydrogen-bond donors (Lipinski definition) is 0. The first kappa shape index (κ1) is 20.2. The fourth-order valence-electron chi connectivity index (χ4n) is 6.70. The highest BCUT2D eigenvalue weighted by atomic mass is 32.2. The Morgan fingerprint density at radius 2 is 1.74 bits per heavy atom. The van der Waals surface area contributed by atoms with Gasteiger partial charge < -0.3 is 0 Å². The van der Waals surface area contributed by atoms with Crippen LogP contribution in [0.1, 0.15) is 89.2 Å². The summed E-state index contributed by atoms with van der Waals surface area (Å²) >= 11 is 4.72. The second kappa shape index (κ2) is 8.34. The molecule has 3 aliphatic rings. The summed E-state index contributed by atoms with van der Waals surface area (Å²) in [6, 6.07) is 9.47. The van der Waals surface area contributed by atoms with Gasteiger partial charge >= 0.3 is 0 Å². The zero-order chi connectivity index (χ0) is 18.9. The van der Waals surface area contributed by atoms with E-state index < -0.39 is 0 Å². The minimum Gasteiger partial charge on any atom is -0.144 e. The number of rotatable bonds is 5. The molecule has 1 heterocycles. The summed E-state index contributed by atoms with van der Waals surface area (Å²) in [7, 11) is 0. The number of fused-ring (bicyclic) bond motifs is 2. The normalized spacial score (nSPS) is 35.3. The van der Waals surface area contributed by atoms with Crippen LogP contribution in [-0.4, -0.2) is 15.6 Å². The fourth-order valence-corrected chi connectivity index (χ4v) is 10.6. The van der Waals surface area contributed by atoms with Gasteiger partial charge in [-0.3, -0.25) is 0 Å². The van der Waals surface area contributed by atoms with Crippen molar-refractivity contribution >= 4 is 23.5 Å². The lowest BCUT2D eigenvalue weighted by molar-refractivity contribution is 0.0378. The van der Waals surface area contributed by atoms with Gasteiger partial charge in [-0.1, -0.05) is 64.3 Å². The predicted molar refractivity (Wildman–Crippen MR) is 124 cm³/mol. The van der Waals surface area contributed by atoms with Crippen molar-refractivity contribution < 1.29 is 0 Å². The Labute approximate surface area is 176 Å². The Bertz CT molecular complexity index is 633. The topological polar surface area (TPSA) is 0 Å². The molecule has 1 aromatic carbocycles. The van der Waals surface area contributed by atoms with Crippen molar-refractivity contribution in [3.05, 3.63) is 35.4 Å². The van der Waals surface area contributed by atoms with Crippen molar-refractivity contribution in [1.82, 2.24) is 0 Å². The van der Waals surface area contributed by atoms with E-state index in [9.17, 15) is 0 Å². The highest BCUT2D eigenvalue weighted by Crippen LogP contribution is 2.69. The number of thioether (sulfide) groups is 2. The lowest BCUT2D eigenvalue weighted by atomic mass is 9.54. The largest absolute Gasteiger partial charge is 0.144 e. The third kappa shape index (κ3) is 3.52. The molecule has 2 aliphatic carbocycles. The third-order valence-electron chi connectivity index (χ3n) is 8.07. The van der Waals surface area contributed by atoms with Crippen LogP contribution in [0.5, 0.6) is 0 Å². The Balaban J connectivity index is 1.79. The highest BCUT2D eigenvalue weighted by Gasteiger charge is 2.60. The zero-order valence-corrected chi connectivity index (χ0v) is 19.3. The molecule has 1 aliphatic heterocycles. The van der Waals surface area contributed by atoms with Crippen molar-refractivity contribution in [3.63, 3.8) is 0 Å². The average Bonchev–Trinajstić information content (AvgIpc) is 3.22. The van der Waals surface area contributed by atoms with Crippen LogP contribution in [0.25, 0.3) is 0 Å². The van der Waals surface area contributed by atoms with Gasteiger partial charge in [-0.15, -0.1) is 23.5 Å². The summed E-state index contributed by atoms with van der Waals surface area (Å²) < 4.78 is 0.511. The lowest BCUT2D eigenvalue weighted by Gasteiger charge is -2.58. The van der Waals surface area contributed by atoms with E-state index in [1.165, 1.54) is 69.3 Å². The number of aryl methyl sites for hydroxylation is 1. The van der Waals surface area contributed by atoms with Crippen LogP contribution in [0.3, 0.4) is 0 Å². The molecular weight excluding hydrogens is 364 g/mol. The molecular formula is C25H38S2. The van der Waals surface area contributed by atoms with Gasteiger partial charge in [0.25, 0.3) is 0 Å². The van der Waals surface area contributed by atoms with Crippen LogP contribution < -0.4 is 0 Å². The maximum absolute atomic E-state index is 2.70. The summed E-state index contributed by atoms with van der Waals surface area (Å²) in [5.74, 6) is 5.43. The quantitative estimate of drug-likeness (QED) is 0.490. The number of hydrogen-bond acceptors (Lipinski definition) is 2. The van der Waals surface area contributed by atoms with Crippen molar-refractivity contribution in [2.45, 2.75) is 88.6 Å². The van der Waals surface area contributed by atoms with Gasteiger partial charge in [0, 0.05) is 0 Å². The van der Waals surface area contributed by atoms with Crippen LogP contribution in [0.2, 0.25) is 0 Å². The summed E-state index contributed by atoms with van der Waals surface area (Å²) in [6.45, 7) is 7.43. The summed E-state index contributed by atoms with van der Waals surface area (Å²) in [4.78, 5) is 0. The molecule has 4 rings (SSSR count). The molecule has 0 N–H and O–H groups in total. The van der Waals surface area contributed by atoms with Crippen LogP contribution >= 0.6 is 23.5 Å². The van der Waals surface area contributed by atoms with Gasteiger partial charge in [-0.2, -0.15) is 0 Å².